The maximum atomic E-state index is 12.6. The van der Waals surface area contributed by atoms with Crippen molar-refractivity contribution in [3.63, 3.8) is 0 Å². The Bertz CT molecular complexity index is 651. The number of carbonyl (C=O) groups excluding carboxylic acids is 1. The Balaban J connectivity index is 2.18. The summed E-state index contributed by atoms with van der Waals surface area (Å²) in [6.07, 6.45) is 0. The molecule has 0 saturated carbocycles. The Hall–Kier alpha value is -1.20. The van der Waals surface area contributed by atoms with Gasteiger partial charge in [0.15, 0.2) is 0 Å². The zero-order valence-corrected chi connectivity index (χ0v) is 15.1. The second-order valence-corrected chi connectivity index (χ2v) is 7.26. The minimum Gasteiger partial charge on any atom is -0.337 e. The largest absolute Gasteiger partial charge is 0.337 e. The summed E-state index contributed by atoms with van der Waals surface area (Å²) in [7, 11) is 1.83. The number of halogens is 1. The standard InChI is InChI=1S/C16H19BrN2OS/c1-10(2)15-18-11(3)14(21-15)16(20)19(4)9-12-7-5-6-8-13(12)17/h5-8,10H,9H2,1-4H3. The predicted octanol–water partition coefficient (Wildman–Crippen LogP) is 4.61. The van der Waals surface area contributed by atoms with Crippen molar-refractivity contribution in [2.24, 2.45) is 0 Å². The first-order valence-corrected chi connectivity index (χ1v) is 8.47. The molecule has 0 aliphatic heterocycles. The van der Waals surface area contributed by atoms with Gasteiger partial charge in [0.1, 0.15) is 4.88 Å². The first-order chi connectivity index (χ1) is 9.90. The van der Waals surface area contributed by atoms with Gasteiger partial charge in [-0.05, 0) is 18.6 Å². The quantitative estimate of drug-likeness (QED) is 0.791. The average Bonchev–Trinajstić information content (AvgIpc) is 2.82. The number of thiazole rings is 1. The number of hydrogen-bond acceptors (Lipinski definition) is 3. The molecular formula is C16H19BrN2OS. The van der Waals surface area contributed by atoms with Crippen molar-refractivity contribution in [3.8, 4) is 0 Å². The Morgan fingerprint density at radius 3 is 2.62 bits per heavy atom. The van der Waals surface area contributed by atoms with Gasteiger partial charge in [0, 0.05) is 24.0 Å². The van der Waals surface area contributed by atoms with Gasteiger partial charge in [-0.25, -0.2) is 4.98 Å². The molecule has 0 saturated heterocycles. The lowest BCUT2D eigenvalue weighted by atomic mass is 10.2. The van der Waals surface area contributed by atoms with Crippen molar-refractivity contribution in [2.45, 2.75) is 33.2 Å². The fourth-order valence-electron chi connectivity index (χ4n) is 1.99. The Kier molecular flexibility index (Phi) is 5.17. The molecule has 5 heteroatoms. The molecular weight excluding hydrogens is 348 g/mol. The highest BCUT2D eigenvalue weighted by atomic mass is 79.9. The van der Waals surface area contributed by atoms with E-state index in [0.29, 0.717) is 12.5 Å². The van der Waals surface area contributed by atoms with E-state index in [-0.39, 0.29) is 5.91 Å². The van der Waals surface area contributed by atoms with E-state index in [1.807, 2.05) is 38.2 Å². The number of aromatic nitrogens is 1. The fourth-order valence-corrected chi connectivity index (χ4v) is 3.46. The third-order valence-electron chi connectivity index (χ3n) is 3.21. The van der Waals surface area contributed by atoms with Crippen molar-refractivity contribution >= 4 is 33.2 Å². The normalized spacial score (nSPS) is 11.0. The summed E-state index contributed by atoms with van der Waals surface area (Å²) in [5.74, 6) is 0.386. The molecule has 1 amide bonds. The molecule has 21 heavy (non-hydrogen) atoms. The van der Waals surface area contributed by atoms with E-state index in [4.69, 9.17) is 0 Å². The summed E-state index contributed by atoms with van der Waals surface area (Å²) in [6.45, 7) is 6.67. The zero-order valence-electron chi connectivity index (χ0n) is 12.7. The van der Waals surface area contributed by atoms with Gasteiger partial charge in [-0.15, -0.1) is 11.3 Å². The Morgan fingerprint density at radius 1 is 1.38 bits per heavy atom. The lowest BCUT2D eigenvalue weighted by Crippen LogP contribution is -2.26. The number of carbonyl (C=O) groups is 1. The van der Waals surface area contributed by atoms with Gasteiger partial charge in [0.2, 0.25) is 0 Å². The summed E-state index contributed by atoms with van der Waals surface area (Å²) in [6, 6.07) is 7.96. The maximum Gasteiger partial charge on any atom is 0.265 e. The lowest BCUT2D eigenvalue weighted by Gasteiger charge is -2.17. The SMILES string of the molecule is Cc1nc(C(C)C)sc1C(=O)N(C)Cc1ccccc1Br. The summed E-state index contributed by atoms with van der Waals surface area (Å²) >= 11 is 5.02. The third-order valence-corrected chi connectivity index (χ3v) is 5.43. The number of aryl methyl sites for hydroxylation is 1. The number of rotatable bonds is 4. The lowest BCUT2D eigenvalue weighted by molar-refractivity contribution is 0.0788. The van der Waals surface area contributed by atoms with Gasteiger partial charge in [-0.2, -0.15) is 0 Å². The average molecular weight is 367 g/mol. The van der Waals surface area contributed by atoms with Crippen LogP contribution in [-0.2, 0) is 6.54 Å². The monoisotopic (exact) mass is 366 g/mol. The van der Waals surface area contributed by atoms with Crippen LogP contribution in [0.5, 0.6) is 0 Å². The van der Waals surface area contributed by atoms with Crippen LogP contribution >= 0.6 is 27.3 Å². The molecule has 2 rings (SSSR count). The third kappa shape index (κ3) is 3.71. The van der Waals surface area contributed by atoms with Crippen LogP contribution in [0.4, 0.5) is 0 Å². The summed E-state index contributed by atoms with van der Waals surface area (Å²) in [4.78, 5) is 19.6. The van der Waals surface area contributed by atoms with Crippen molar-refractivity contribution in [2.75, 3.05) is 7.05 Å². The molecule has 1 aromatic heterocycles. The number of amides is 1. The molecule has 112 valence electrons. The number of hydrogen-bond donors (Lipinski definition) is 0. The van der Waals surface area contributed by atoms with Crippen LogP contribution < -0.4 is 0 Å². The van der Waals surface area contributed by atoms with Gasteiger partial charge in [-0.1, -0.05) is 48.0 Å². The van der Waals surface area contributed by atoms with Gasteiger partial charge < -0.3 is 4.90 Å². The van der Waals surface area contributed by atoms with E-state index >= 15 is 0 Å². The van der Waals surface area contributed by atoms with Crippen LogP contribution in [0.1, 0.15) is 45.7 Å². The van der Waals surface area contributed by atoms with Gasteiger partial charge in [0.25, 0.3) is 5.91 Å². The molecule has 2 aromatic rings. The first kappa shape index (κ1) is 16.2. The van der Waals surface area contributed by atoms with Gasteiger partial charge >= 0.3 is 0 Å². The molecule has 0 bridgehead atoms. The molecule has 1 aromatic carbocycles. The molecule has 0 aliphatic rings. The molecule has 0 N–H and O–H groups in total. The van der Waals surface area contributed by atoms with Crippen LogP contribution in [0.3, 0.4) is 0 Å². The molecule has 0 aliphatic carbocycles. The minimum atomic E-state index is 0.0349. The van der Waals surface area contributed by atoms with Crippen LogP contribution in [-0.4, -0.2) is 22.8 Å². The Morgan fingerprint density at radius 2 is 2.05 bits per heavy atom. The molecule has 0 radical (unpaired) electrons. The van der Waals surface area contributed by atoms with E-state index in [1.54, 1.807) is 4.90 Å². The highest BCUT2D eigenvalue weighted by Crippen LogP contribution is 2.26. The van der Waals surface area contributed by atoms with E-state index in [1.165, 1.54) is 11.3 Å². The van der Waals surface area contributed by atoms with Crippen molar-refractivity contribution in [3.05, 3.63) is 49.9 Å². The van der Waals surface area contributed by atoms with E-state index in [0.717, 1.165) is 25.6 Å². The number of benzene rings is 1. The second kappa shape index (κ2) is 6.71. The van der Waals surface area contributed by atoms with Crippen LogP contribution in [0, 0.1) is 6.92 Å². The van der Waals surface area contributed by atoms with Crippen LogP contribution in [0.25, 0.3) is 0 Å². The summed E-state index contributed by atoms with van der Waals surface area (Å²) in [5, 5.41) is 1.02. The molecule has 0 unspecified atom stereocenters. The topological polar surface area (TPSA) is 33.2 Å². The highest BCUT2D eigenvalue weighted by Gasteiger charge is 2.20. The highest BCUT2D eigenvalue weighted by molar-refractivity contribution is 9.10. The van der Waals surface area contributed by atoms with Crippen LogP contribution in [0.15, 0.2) is 28.7 Å². The van der Waals surface area contributed by atoms with Crippen molar-refractivity contribution < 1.29 is 4.79 Å². The fraction of sp³-hybridized carbons (Fsp3) is 0.375. The van der Waals surface area contributed by atoms with E-state index in [2.05, 4.69) is 34.8 Å². The van der Waals surface area contributed by atoms with Gasteiger partial charge in [-0.3, -0.25) is 4.79 Å². The smallest absolute Gasteiger partial charge is 0.265 e. The number of nitrogens with zero attached hydrogens (tertiary/aromatic N) is 2. The van der Waals surface area contributed by atoms with Gasteiger partial charge in [0.05, 0.1) is 10.7 Å². The molecule has 0 spiro atoms. The summed E-state index contributed by atoms with van der Waals surface area (Å²) < 4.78 is 1.02. The van der Waals surface area contributed by atoms with Crippen molar-refractivity contribution in [1.29, 1.82) is 0 Å². The van der Waals surface area contributed by atoms with Crippen LogP contribution in [0.2, 0.25) is 0 Å². The first-order valence-electron chi connectivity index (χ1n) is 6.86. The molecule has 3 nitrogen and oxygen atoms in total. The van der Waals surface area contributed by atoms with Crippen molar-refractivity contribution in [1.82, 2.24) is 9.88 Å². The van der Waals surface area contributed by atoms with E-state index in [9.17, 15) is 4.79 Å². The predicted molar refractivity (Wildman–Crippen MR) is 90.9 cm³/mol. The summed E-state index contributed by atoms with van der Waals surface area (Å²) in [5.41, 5.74) is 1.92. The molecule has 0 fully saturated rings. The molecule has 0 atom stereocenters. The maximum absolute atomic E-state index is 12.6. The zero-order chi connectivity index (χ0) is 15.6. The molecule has 1 heterocycles. The van der Waals surface area contributed by atoms with E-state index < -0.39 is 0 Å². The minimum absolute atomic E-state index is 0.0349. The second-order valence-electron chi connectivity index (χ2n) is 5.37. The Labute approximate surface area is 138 Å².